The molecule has 1 amide bonds. The summed E-state index contributed by atoms with van der Waals surface area (Å²) in [5.41, 5.74) is 9.22. The number of nitrogens with one attached hydrogen (secondary N) is 2. The number of imidazole rings is 1. The molecule has 31 heavy (non-hydrogen) atoms. The monoisotopic (exact) mass is 417 g/mol. The average molecular weight is 417 g/mol. The Morgan fingerprint density at radius 3 is 3.00 bits per heavy atom. The quantitative estimate of drug-likeness (QED) is 0.460. The molecule has 0 atom stereocenters. The Morgan fingerprint density at radius 1 is 1.26 bits per heavy atom. The molecule has 0 spiro atoms. The smallest absolute Gasteiger partial charge is 0.250 e. The highest BCUT2D eigenvalue weighted by Gasteiger charge is 2.21. The number of carbonyl (C=O) groups excluding carboxylic acids is 1. The second-order valence-electron chi connectivity index (χ2n) is 7.35. The first-order valence-corrected chi connectivity index (χ1v) is 9.95. The average Bonchev–Trinajstić information content (AvgIpc) is 3.21. The lowest BCUT2D eigenvalue weighted by Crippen LogP contribution is -2.26. The first kappa shape index (κ1) is 19.1. The molecule has 1 aromatic carbocycles. The van der Waals surface area contributed by atoms with Gasteiger partial charge in [0, 0.05) is 37.8 Å². The number of anilines is 1. The fourth-order valence-electron chi connectivity index (χ4n) is 3.82. The maximum atomic E-state index is 13.5. The lowest BCUT2D eigenvalue weighted by molar-refractivity contribution is 0.100. The zero-order valence-corrected chi connectivity index (χ0v) is 16.6. The molecule has 8 nitrogen and oxygen atoms in total. The number of halogens is 1. The highest BCUT2D eigenvalue weighted by molar-refractivity contribution is 5.99. The van der Waals surface area contributed by atoms with Crippen LogP contribution in [-0.4, -0.2) is 31.8 Å². The minimum atomic E-state index is -0.521. The molecule has 4 N–H and O–H groups in total. The number of rotatable bonds is 5. The van der Waals surface area contributed by atoms with Crippen LogP contribution >= 0.6 is 0 Å². The zero-order valence-electron chi connectivity index (χ0n) is 16.6. The predicted octanol–water partition coefficient (Wildman–Crippen LogP) is 2.29. The summed E-state index contributed by atoms with van der Waals surface area (Å²) in [5, 5.41) is 6.67. The summed E-state index contributed by atoms with van der Waals surface area (Å²) < 4.78 is 15.3. The number of pyridine rings is 1. The predicted molar refractivity (Wildman–Crippen MR) is 114 cm³/mol. The van der Waals surface area contributed by atoms with Crippen LogP contribution in [0.1, 0.15) is 27.2 Å². The highest BCUT2D eigenvalue weighted by Crippen LogP contribution is 2.26. The summed E-state index contributed by atoms with van der Waals surface area (Å²) >= 11 is 0. The molecule has 5 rings (SSSR count). The zero-order chi connectivity index (χ0) is 21.4. The van der Waals surface area contributed by atoms with Crippen molar-refractivity contribution in [3.05, 3.63) is 77.0 Å². The van der Waals surface area contributed by atoms with Crippen molar-refractivity contribution in [3.63, 3.8) is 0 Å². The molecule has 0 unspecified atom stereocenters. The Balaban J connectivity index is 1.57. The number of nitrogens with two attached hydrogens (primary N) is 1. The minimum Gasteiger partial charge on any atom is -0.366 e. The summed E-state index contributed by atoms with van der Waals surface area (Å²) in [5.74, 6) is 0.851. The van der Waals surface area contributed by atoms with Crippen LogP contribution in [0.15, 0.2) is 48.8 Å². The Hall–Kier alpha value is -3.85. The van der Waals surface area contributed by atoms with E-state index in [2.05, 4.69) is 15.6 Å². The van der Waals surface area contributed by atoms with E-state index in [1.165, 1.54) is 12.1 Å². The van der Waals surface area contributed by atoms with Crippen molar-refractivity contribution in [2.24, 2.45) is 5.73 Å². The van der Waals surface area contributed by atoms with Crippen LogP contribution in [-0.2, 0) is 19.5 Å². The number of hydrogen-bond acceptors (Lipinski definition) is 6. The topological polar surface area (TPSA) is 110 Å². The van der Waals surface area contributed by atoms with Crippen molar-refractivity contribution in [2.75, 3.05) is 11.9 Å². The highest BCUT2D eigenvalue weighted by atomic mass is 19.1. The molecular formula is C22H20FN7O. The number of primary amides is 1. The fourth-order valence-corrected chi connectivity index (χ4v) is 3.82. The first-order chi connectivity index (χ1) is 15.1. The SMILES string of the molecule is NC(=O)c1cccn2c(-c3nc4c(c(NCc5cccc(F)c5)n3)CNCC4)ncc12. The normalized spacial score (nSPS) is 13.2. The van der Waals surface area contributed by atoms with Crippen molar-refractivity contribution in [3.8, 4) is 11.6 Å². The van der Waals surface area contributed by atoms with Gasteiger partial charge in [-0.25, -0.2) is 19.3 Å². The van der Waals surface area contributed by atoms with Crippen molar-refractivity contribution in [2.45, 2.75) is 19.5 Å². The third-order valence-corrected chi connectivity index (χ3v) is 5.32. The van der Waals surface area contributed by atoms with E-state index in [1.807, 2.05) is 6.07 Å². The first-order valence-electron chi connectivity index (χ1n) is 9.95. The summed E-state index contributed by atoms with van der Waals surface area (Å²) in [7, 11) is 0. The second-order valence-corrected chi connectivity index (χ2v) is 7.35. The molecule has 156 valence electrons. The van der Waals surface area contributed by atoms with E-state index in [9.17, 15) is 9.18 Å². The molecule has 0 bridgehead atoms. The number of benzene rings is 1. The van der Waals surface area contributed by atoms with E-state index in [0.29, 0.717) is 41.6 Å². The van der Waals surface area contributed by atoms with Crippen LogP contribution in [0.5, 0.6) is 0 Å². The van der Waals surface area contributed by atoms with Gasteiger partial charge in [0.05, 0.1) is 23.0 Å². The van der Waals surface area contributed by atoms with Crippen LogP contribution in [0.2, 0.25) is 0 Å². The maximum absolute atomic E-state index is 13.5. The Bertz CT molecular complexity index is 1300. The van der Waals surface area contributed by atoms with Crippen molar-refractivity contribution >= 4 is 17.2 Å². The maximum Gasteiger partial charge on any atom is 0.250 e. The Kier molecular flexibility index (Phi) is 4.79. The third-order valence-electron chi connectivity index (χ3n) is 5.32. The van der Waals surface area contributed by atoms with E-state index >= 15 is 0 Å². The van der Waals surface area contributed by atoms with Gasteiger partial charge in [0.25, 0.3) is 5.91 Å². The largest absolute Gasteiger partial charge is 0.366 e. The van der Waals surface area contributed by atoms with Gasteiger partial charge >= 0.3 is 0 Å². The van der Waals surface area contributed by atoms with Crippen LogP contribution in [0, 0.1) is 5.82 Å². The van der Waals surface area contributed by atoms with Crippen molar-refractivity contribution < 1.29 is 9.18 Å². The van der Waals surface area contributed by atoms with Crippen molar-refractivity contribution in [1.29, 1.82) is 0 Å². The molecule has 4 aromatic rings. The number of aromatic nitrogens is 4. The van der Waals surface area contributed by atoms with Crippen LogP contribution < -0.4 is 16.4 Å². The minimum absolute atomic E-state index is 0.277. The van der Waals surface area contributed by atoms with E-state index in [-0.39, 0.29) is 5.82 Å². The van der Waals surface area contributed by atoms with Crippen molar-refractivity contribution in [1.82, 2.24) is 24.7 Å². The van der Waals surface area contributed by atoms with Gasteiger partial charge in [-0.1, -0.05) is 12.1 Å². The van der Waals surface area contributed by atoms with E-state index < -0.39 is 5.91 Å². The van der Waals surface area contributed by atoms with Gasteiger partial charge in [-0.3, -0.25) is 9.20 Å². The van der Waals surface area contributed by atoms with E-state index in [0.717, 1.165) is 29.8 Å². The molecule has 0 saturated heterocycles. The van der Waals surface area contributed by atoms with Gasteiger partial charge in [-0.2, -0.15) is 0 Å². The number of fused-ring (bicyclic) bond motifs is 2. The third kappa shape index (κ3) is 3.59. The lowest BCUT2D eigenvalue weighted by Gasteiger charge is -2.20. The molecule has 3 aromatic heterocycles. The van der Waals surface area contributed by atoms with E-state index in [4.69, 9.17) is 15.7 Å². The Labute approximate surface area is 177 Å². The summed E-state index contributed by atoms with van der Waals surface area (Å²) in [4.78, 5) is 25.7. The molecule has 0 aliphatic carbocycles. The fraction of sp³-hybridized carbons (Fsp3) is 0.182. The van der Waals surface area contributed by atoms with Crippen LogP contribution in [0.3, 0.4) is 0 Å². The Morgan fingerprint density at radius 2 is 2.16 bits per heavy atom. The summed E-state index contributed by atoms with van der Waals surface area (Å²) in [6.07, 6.45) is 4.16. The second kappa shape index (κ2) is 7.77. The van der Waals surface area contributed by atoms with E-state index in [1.54, 1.807) is 35.0 Å². The lowest BCUT2D eigenvalue weighted by atomic mass is 10.1. The van der Waals surface area contributed by atoms with Gasteiger partial charge < -0.3 is 16.4 Å². The van der Waals surface area contributed by atoms with Gasteiger partial charge in [0.1, 0.15) is 11.6 Å². The molecular weight excluding hydrogens is 397 g/mol. The molecule has 4 heterocycles. The van der Waals surface area contributed by atoms with Crippen LogP contribution in [0.25, 0.3) is 17.2 Å². The summed E-state index contributed by atoms with van der Waals surface area (Å²) in [6, 6.07) is 9.85. The van der Waals surface area contributed by atoms with Gasteiger partial charge in [0.15, 0.2) is 11.6 Å². The molecule has 1 aliphatic heterocycles. The number of carbonyl (C=O) groups is 1. The van der Waals surface area contributed by atoms with Gasteiger partial charge in [0.2, 0.25) is 0 Å². The summed E-state index contributed by atoms with van der Waals surface area (Å²) in [6.45, 7) is 1.89. The number of nitrogens with zero attached hydrogens (tertiary/aromatic N) is 4. The molecule has 9 heteroatoms. The molecule has 1 aliphatic rings. The number of hydrogen-bond donors (Lipinski definition) is 3. The molecule has 0 fully saturated rings. The number of amides is 1. The van der Waals surface area contributed by atoms with Gasteiger partial charge in [-0.05, 0) is 29.8 Å². The van der Waals surface area contributed by atoms with Crippen LogP contribution in [0.4, 0.5) is 10.2 Å². The van der Waals surface area contributed by atoms with Gasteiger partial charge in [-0.15, -0.1) is 0 Å². The molecule has 0 saturated carbocycles. The standard InChI is InChI=1S/C22H20FN7O/c23-14-4-1-3-13(9-14)10-26-20-16-11-25-7-6-17(16)28-21(29-20)22-27-12-18-15(19(24)31)5-2-8-30(18)22/h1-5,8-9,12,25H,6-7,10-11H2,(H2,24,31)(H,26,28,29). The molecule has 0 radical (unpaired) electrons.